The summed E-state index contributed by atoms with van der Waals surface area (Å²) >= 11 is 5.99. The van der Waals surface area contributed by atoms with Crippen LogP contribution in [0.25, 0.3) is 0 Å². The van der Waals surface area contributed by atoms with Crippen molar-refractivity contribution in [2.24, 2.45) is 0 Å². The summed E-state index contributed by atoms with van der Waals surface area (Å²) in [6, 6.07) is 14.3. The smallest absolute Gasteiger partial charge is 0.261 e. The van der Waals surface area contributed by atoms with Crippen LogP contribution in [-0.2, 0) is 16.1 Å². The molecule has 30 heavy (non-hydrogen) atoms. The predicted octanol–water partition coefficient (Wildman–Crippen LogP) is 4.75. The molecule has 0 aliphatic rings. The van der Waals surface area contributed by atoms with Gasteiger partial charge in [-0.2, -0.15) is 0 Å². The number of amides is 2. The van der Waals surface area contributed by atoms with Gasteiger partial charge in [-0.3, -0.25) is 9.59 Å². The van der Waals surface area contributed by atoms with E-state index in [1.807, 2.05) is 64.1 Å². The quantitative estimate of drug-likeness (QED) is 0.591. The van der Waals surface area contributed by atoms with Crippen molar-refractivity contribution in [1.82, 2.24) is 10.2 Å². The van der Waals surface area contributed by atoms with Crippen LogP contribution in [0.1, 0.15) is 44.7 Å². The van der Waals surface area contributed by atoms with E-state index in [2.05, 4.69) is 5.32 Å². The van der Waals surface area contributed by atoms with Crippen molar-refractivity contribution >= 4 is 23.4 Å². The van der Waals surface area contributed by atoms with Crippen molar-refractivity contribution < 1.29 is 14.3 Å². The fraction of sp³-hybridized carbons (Fsp3) is 0.417. The van der Waals surface area contributed by atoms with Crippen LogP contribution < -0.4 is 10.1 Å². The second-order valence-corrected chi connectivity index (χ2v) is 7.93. The first-order valence-corrected chi connectivity index (χ1v) is 10.8. The standard InChI is InChI=1S/C24H31ClN2O3/c1-5-18(4)26-24(29)22(6-2)27(15-19-9-11-20(25)12-10-19)23(28)16-30-21-13-7-17(3)8-14-21/h7-14,18,22H,5-6,15-16H2,1-4H3,(H,26,29)/t18-,22-/m0/s1. The van der Waals surface area contributed by atoms with Crippen LogP contribution in [0, 0.1) is 6.92 Å². The monoisotopic (exact) mass is 430 g/mol. The van der Waals surface area contributed by atoms with Gasteiger partial charge in [0.25, 0.3) is 5.91 Å². The molecule has 1 N–H and O–H groups in total. The summed E-state index contributed by atoms with van der Waals surface area (Å²) in [7, 11) is 0. The van der Waals surface area contributed by atoms with Gasteiger partial charge in [0.1, 0.15) is 11.8 Å². The molecule has 0 heterocycles. The van der Waals surface area contributed by atoms with Crippen molar-refractivity contribution in [2.45, 2.75) is 59.2 Å². The number of rotatable bonds is 10. The van der Waals surface area contributed by atoms with Crippen LogP contribution in [0.3, 0.4) is 0 Å². The van der Waals surface area contributed by atoms with E-state index in [0.717, 1.165) is 17.5 Å². The third kappa shape index (κ3) is 7.06. The van der Waals surface area contributed by atoms with Gasteiger partial charge in [0, 0.05) is 17.6 Å². The van der Waals surface area contributed by atoms with Crippen LogP contribution in [0.5, 0.6) is 5.75 Å². The fourth-order valence-electron chi connectivity index (χ4n) is 3.01. The SMILES string of the molecule is CC[C@H](C)NC(=O)[C@H](CC)N(Cc1ccc(Cl)cc1)C(=O)COc1ccc(C)cc1. The van der Waals surface area contributed by atoms with E-state index in [1.165, 1.54) is 0 Å². The predicted molar refractivity (Wildman–Crippen MR) is 121 cm³/mol. The van der Waals surface area contributed by atoms with Crippen LogP contribution in [0.15, 0.2) is 48.5 Å². The number of benzene rings is 2. The maximum atomic E-state index is 13.1. The number of hydrogen-bond acceptors (Lipinski definition) is 3. The largest absolute Gasteiger partial charge is 0.484 e. The number of nitrogens with one attached hydrogen (secondary N) is 1. The van der Waals surface area contributed by atoms with Crippen LogP contribution >= 0.6 is 11.6 Å². The molecule has 0 aliphatic carbocycles. The van der Waals surface area contributed by atoms with Crippen molar-refractivity contribution in [2.75, 3.05) is 6.61 Å². The summed E-state index contributed by atoms with van der Waals surface area (Å²) < 4.78 is 5.69. The highest BCUT2D eigenvalue weighted by molar-refractivity contribution is 6.30. The zero-order valence-corrected chi connectivity index (χ0v) is 18.9. The Morgan fingerprint density at radius 2 is 1.67 bits per heavy atom. The summed E-state index contributed by atoms with van der Waals surface area (Å²) in [5.74, 6) is 0.235. The molecule has 5 nitrogen and oxygen atoms in total. The number of ether oxygens (including phenoxy) is 1. The average molecular weight is 431 g/mol. The highest BCUT2D eigenvalue weighted by atomic mass is 35.5. The molecule has 0 radical (unpaired) electrons. The minimum absolute atomic E-state index is 0.0443. The van der Waals surface area contributed by atoms with Gasteiger partial charge >= 0.3 is 0 Å². The molecule has 0 unspecified atom stereocenters. The lowest BCUT2D eigenvalue weighted by Crippen LogP contribution is -2.51. The van der Waals surface area contributed by atoms with Crippen molar-refractivity contribution in [1.29, 1.82) is 0 Å². The van der Waals surface area contributed by atoms with Gasteiger partial charge in [0.05, 0.1) is 0 Å². The molecule has 2 amide bonds. The number of carbonyl (C=O) groups excluding carboxylic acids is 2. The molecule has 162 valence electrons. The molecule has 0 bridgehead atoms. The Kier molecular flexibility index (Phi) is 9.18. The third-order valence-corrected chi connectivity index (χ3v) is 5.29. The summed E-state index contributed by atoms with van der Waals surface area (Å²) in [5.41, 5.74) is 2.02. The Morgan fingerprint density at radius 3 is 2.23 bits per heavy atom. The van der Waals surface area contributed by atoms with Gasteiger partial charge in [0.15, 0.2) is 6.61 Å². The highest BCUT2D eigenvalue weighted by Gasteiger charge is 2.29. The maximum absolute atomic E-state index is 13.1. The molecule has 0 aliphatic heterocycles. The molecule has 0 saturated carbocycles. The minimum atomic E-state index is -0.580. The Hall–Kier alpha value is -2.53. The van der Waals surface area contributed by atoms with Crippen molar-refractivity contribution in [3.05, 3.63) is 64.7 Å². The van der Waals surface area contributed by atoms with E-state index in [9.17, 15) is 9.59 Å². The number of carbonyl (C=O) groups is 2. The summed E-state index contributed by atoms with van der Waals surface area (Å²) in [6.07, 6.45) is 1.33. The highest BCUT2D eigenvalue weighted by Crippen LogP contribution is 2.17. The molecule has 0 fully saturated rings. The second kappa shape index (κ2) is 11.6. The normalized spacial score (nSPS) is 12.7. The number of halogens is 1. The maximum Gasteiger partial charge on any atom is 0.261 e. The first-order chi connectivity index (χ1) is 14.3. The summed E-state index contributed by atoms with van der Waals surface area (Å²) in [4.78, 5) is 27.6. The van der Waals surface area contributed by atoms with Crippen LogP contribution in [0.4, 0.5) is 0 Å². The molecule has 0 aromatic heterocycles. The van der Waals surface area contributed by atoms with Gasteiger partial charge in [-0.15, -0.1) is 0 Å². The minimum Gasteiger partial charge on any atom is -0.484 e. The van der Waals surface area contributed by atoms with Gasteiger partial charge in [-0.25, -0.2) is 0 Å². The molecule has 6 heteroatoms. The molecular formula is C24H31ClN2O3. The van der Waals surface area contributed by atoms with E-state index in [-0.39, 0.29) is 24.5 Å². The lowest BCUT2D eigenvalue weighted by atomic mass is 10.1. The molecule has 2 aromatic carbocycles. The first kappa shape index (κ1) is 23.7. The lowest BCUT2D eigenvalue weighted by Gasteiger charge is -2.31. The van der Waals surface area contributed by atoms with E-state index in [0.29, 0.717) is 23.7 Å². The molecule has 2 aromatic rings. The summed E-state index contributed by atoms with van der Waals surface area (Å²) in [5, 5.41) is 3.62. The van der Waals surface area contributed by atoms with Crippen LogP contribution in [0.2, 0.25) is 5.02 Å². The van der Waals surface area contributed by atoms with Gasteiger partial charge in [-0.1, -0.05) is 55.3 Å². The number of nitrogens with zero attached hydrogens (tertiary/aromatic N) is 1. The summed E-state index contributed by atoms with van der Waals surface area (Å²) in [6.45, 7) is 8.03. The lowest BCUT2D eigenvalue weighted by molar-refractivity contribution is -0.143. The number of hydrogen-bond donors (Lipinski definition) is 1. The van der Waals surface area contributed by atoms with E-state index in [4.69, 9.17) is 16.3 Å². The molecule has 0 spiro atoms. The zero-order chi connectivity index (χ0) is 22.1. The molecule has 2 rings (SSSR count). The van der Waals surface area contributed by atoms with E-state index < -0.39 is 6.04 Å². The second-order valence-electron chi connectivity index (χ2n) is 7.49. The van der Waals surface area contributed by atoms with Crippen molar-refractivity contribution in [3.63, 3.8) is 0 Å². The Balaban J connectivity index is 2.19. The average Bonchev–Trinajstić information content (AvgIpc) is 2.74. The van der Waals surface area contributed by atoms with Crippen molar-refractivity contribution in [3.8, 4) is 5.75 Å². The number of aryl methyl sites for hydroxylation is 1. The van der Waals surface area contributed by atoms with Gasteiger partial charge in [0.2, 0.25) is 5.91 Å². The fourth-order valence-corrected chi connectivity index (χ4v) is 3.14. The Labute approximate surface area is 184 Å². The van der Waals surface area contributed by atoms with Gasteiger partial charge in [-0.05, 0) is 56.5 Å². The van der Waals surface area contributed by atoms with E-state index >= 15 is 0 Å². The molecular weight excluding hydrogens is 400 g/mol. The topological polar surface area (TPSA) is 58.6 Å². The van der Waals surface area contributed by atoms with Gasteiger partial charge < -0.3 is 15.0 Å². The Morgan fingerprint density at radius 1 is 1.03 bits per heavy atom. The molecule has 2 atom stereocenters. The Bertz CT molecular complexity index is 821. The van der Waals surface area contributed by atoms with Crippen LogP contribution in [-0.4, -0.2) is 35.4 Å². The third-order valence-electron chi connectivity index (χ3n) is 5.04. The zero-order valence-electron chi connectivity index (χ0n) is 18.2. The molecule has 0 saturated heterocycles. The van der Waals surface area contributed by atoms with E-state index in [1.54, 1.807) is 17.0 Å². The first-order valence-electron chi connectivity index (χ1n) is 10.4.